The maximum Gasteiger partial charge on any atom is 0.119 e. The molecule has 1 atom stereocenters. The molecular weight excluding hydrogens is 314 g/mol. The molecule has 0 bridgehead atoms. The SMILES string of the molecule is C[C@H](NCCCOc1ccccc1)c1ccccc1Br. The van der Waals surface area contributed by atoms with Crippen LogP contribution < -0.4 is 10.1 Å². The Hall–Kier alpha value is -1.32. The molecule has 0 heterocycles. The molecule has 2 aromatic rings. The predicted molar refractivity (Wildman–Crippen MR) is 87.1 cm³/mol. The van der Waals surface area contributed by atoms with Crippen LogP contribution in [0.3, 0.4) is 0 Å². The second-order valence-electron chi connectivity index (χ2n) is 4.71. The first kappa shape index (κ1) is 15.1. The van der Waals surface area contributed by atoms with Crippen molar-refractivity contribution < 1.29 is 4.74 Å². The lowest BCUT2D eigenvalue weighted by Gasteiger charge is -2.15. The lowest BCUT2D eigenvalue weighted by atomic mass is 10.1. The molecule has 2 aromatic carbocycles. The summed E-state index contributed by atoms with van der Waals surface area (Å²) in [6, 6.07) is 18.6. The van der Waals surface area contributed by atoms with Gasteiger partial charge in [0.15, 0.2) is 0 Å². The van der Waals surface area contributed by atoms with Crippen LogP contribution in [0, 0.1) is 0 Å². The molecule has 0 amide bonds. The summed E-state index contributed by atoms with van der Waals surface area (Å²) in [5.74, 6) is 0.936. The van der Waals surface area contributed by atoms with E-state index in [1.54, 1.807) is 0 Å². The normalized spacial score (nSPS) is 12.1. The van der Waals surface area contributed by atoms with E-state index in [-0.39, 0.29) is 0 Å². The molecule has 0 unspecified atom stereocenters. The van der Waals surface area contributed by atoms with E-state index in [1.165, 1.54) is 5.56 Å². The Morgan fingerprint density at radius 3 is 2.50 bits per heavy atom. The molecule has 0 aliphatic rings. The van der Waals surface area contributed by atoms with E-state index < -0.39 is 0 Å². The molecule has 2 rings (SSSR count). The molecule has 0 spiro atoms. The predicted octanol–water partition coefficient (Wildman–Crippen LogP) is 4.57. The Bertz CT molecular complexity index is 515. The van der Waals surface area contributed by atoms with Crippen molar-refractivity contribution >= 4 is 15.9 Å². The zero-order valence-electron chi connectivity index (χ0n) is 11.7. The quantitative estimate of drug-likeness (QED) is 0.749. The zero-order chi connectivity index (χ0) is 14.2. The van der Waals surface area contributed by atoms with Gasteiger partial charge < -0.3 is 10.1 Å². The minimum atomic E-state index is 0.335. The number of rotatable bonds is 7. The Morgan fingerprint density at radius 1 is 1.05 bits per heavy atom. The van der Waals surface area contributed by atoms with Crippen molar-refractivity contribution in [1.29, 1.82) is 0 Å². The van der Waals surface area contributed by atoms with Crippen LogP contribution in [0.1, 0.15) is 24.9 Å². The molecule has 0 saturated heterocycles. The van der Waals surface area contributed by atoms with E-state index in [2.05, 4.69) is 46.4 Å². The molecule has 0 fully saturated rings. The fourth-order valence-electron chi connectivity index (χ4n) is 2.03. The van der Waals surface area contributed by atoms with Gasteiger partial charge in [-0.05, 0) is 43.7 Å². The van der Waals surface area contributed by atoms with Crippen molar-refractivity contribution in [3.63, 3.8) is 0 Å². The number of nitrogens with one attached hydrogen (secondary N) is 1. The second-order valence-corrected chi connectivity index (χ2v) is 5.57. The molecular formula is C17H20BrNO. The smallest absolute Gasteiger partial charge is 0.119 e. The van der Waals surface area contributed by atoms with Gasteiger partial charge >= 0.3 is 0 Å². The third kappa shape index (κ3) is 4.66. The Labute approximate surface area is 129 Å². The summed E-state index contributed by atoms with van der Waals surface area (Å²) in [5, 5.41) is 3.52. The molecule has 2 nitrogen and oxygen atoms in total. The summed E-state index contributed by atoms with van der Waals surface area (Å²) in [6.45, 7) is 3.85. The van der Waals surface area contributed by atoms with E-state index in [4.69, 9.17) is 4.74 Å². The van der Waals surface area contributed by atoms with Gasteiger partial charge in [-0.2, -0.15) is 0 Å². The van der Waals surface area contributed by atoms with E-state index in [0.29, 0.717) is 6.04 Å². The first-order chi connectivity index (χ1) is 9.77. The third-order valence-electron chi connectivity index (χ3n) is 3.16. The molecule has 0 saturated carbocycles. The molecule has 106 valence electrons. The van der Waals surface area contributed by atoms with Crippen LogP contribution in [0.4, 0.5) is 0 Å². The van der Waals surface area contributed by atoms with Gasteiger partial charge in [-0.25, -0.2) is 0 Å². The highest BCUT2D eigenvalue weighted by Crippen LogP contribution is 2.22. The fraction of sp³-hybridized carbons (Fsp3) is 0.294. The topological polar surface area (TPSA) is 21.3 Å². The maximum atomic E-state index is 5.67. The van der Waals surface area contributed by atoms with Crippen LogP contribution >= 0.6 is 15.9 Å². The first-order valence-corrected chi connectivity index (χ1v) is 7.72. The molecule has 0 aliphatic heterocycles. The number of ether oxygens (including phenoxy) is 1. The summed E-state index contributed by atoms with van der Waals surface area (Å²) in [6.07, 6.45) is 0.990. The lowest BCUT2D eigenvalue weighted by molar-refractivity contribution is 0.305. The van der Waals surface area contributed by atoms with Crippen molar-refractivity contribution in [2.24, 2.45) is 0 Å². The number of hydrogen-bond acceptors (Lipinski definition) is 2. The van der Waals surface area contributed by atoms with E-state index in [1.807, 2.05) is 36.4 Å². The van der Waals surface area contributed by atoms with Crippen molar-refractivity contribution in [3.8, 4) is 5.75 Å². The molecule has 1 N–H and O–H groups in total. The second kappa shape index (κ2) is 8.08. The van der Waals surface area contributed by atoms with Gasteiger partial charge in [-0.3, -0.25) is 0 Å². The Morgan fingerprint density at radius 2 is 1.75 bits per heavy atom. The van der Waals surface area contributed by atoms with E-state index in [0.717, 1.165) is 29.8 Å². The molecule has 0 radical (unpaired) electrons. The number of para-hydroxylation sites is 1. The van der Waals surface area contributed by atoms with Crippen LogP contribution in [-0.2, 0) is 0 Å². The van der Waals surface area contributed by atoms with Gasteiger partial charge in [-0.15, -0.1) is 0 Å². The maximum absolute atomic E-state index is 5.67. The minimum absolute atomic E-state index is 0.335. The summed E-state index contributed by atoms with van der Waals surface area (Å²) in [7, 11) is 0. The van der Waals surface area contributed by atoms with Gasteiger partial charge in [0.1, 0.15) is 5.75 Å². The fourth-order valence-corrected chi connectivity index (χ4v) is 2.66. The van der Waals surface area contributed by atoms with Crippen molar-refractivity contribution in [1.82, 2.24) is 5.32 Å². The average Bonchev–Trinajstić information content (AvgIpc) is 2.48. The van der Waals surface area contributed by atoms with Gasteiger partial charge in [0.05, 0.1) is 6.61 Å². The standard InChI is InChI=1S/C17H20BrNO/c1-14(16-10-5-6-11-17(16)18)19-12-7-13-20-15-8-3-2-4-9-15/h2-6,8-11,14,19H,7,12-13H2,1H3/t14-/m0/s1. The van der Waals surface area contributed by atoms with E-state index >= 15 is 0 Å². The number of benzene rings is 2. The Balaban J connectivity index is 1.67. The lowest BCUT2D eigenvalue weighted by Crippen LogP contribution is -2.21. The molecule has 3 heteroatoms. The monoisotopic (exact) mass is 333 g/mol. The summed E-state index contributed by atoms with van der Waals surface area (Å²) >= 11 is 3.59. The van der Waals surface area contributed by atoms with Crippen molar-refractivity contribution in [3.05, 3.63) is 64.6 Å². The van der Waals surface area contributed by atoms with Crippen molar-refractivity contribution in [2.45, 2.75) is 19.4 Å². The van der Waals surface area contributed by atoms with Gasteiger partial charge in [0.2, 0.25) is 0 Å². The summed E-state index contributed by atoms with van der Waals surface area (Å²) < 4.78 is 6.82. The molecule has 0 aromatic heterocycles. The van der Waals surface area contributed by atoms with Crippen LogP contribution in [0.2, 0.25) is 0 Å². The average molecular weight is 334 g/mol. The highest BCUT2D eigenvalue weighted by Gasteiger charge is 2.07. The van der Waals surface area contributed by atoms with Crippen LogP contribution in [0.15, 0.2) is 59.1 Å². The zero-order valence-corrected chi connectivity index (χ0v) is 13.3. The van der Waals surface area contributed by atoms with E-state index in [9.17, 15) is 0 Å². The van der Waals surface area contributed by atoms with Crippen LogP contribution in [-0.4, -0.2) is 13.2 Å². The third-order valence-corrected chi connectivity index (χ3v) is 3.88. The minimum Gasteiger partial charge on any atom is -0.494 e. The number of hydrogen-bond donors (Lipinski definition) is 1. The Kier molecular flexibility index (Phi) is 6.09. The highest BCUT2D eigenvalue weighted by molar-refractivity contribution is 9.10. The largest absolute Gasteiger partial charge is 0.494 e. The van der Waals surface area contributed by atoms with Crippen LogP contribution in [0.5, 0.6) is 5.75 Å². The van der Waals surface area contributed by atoms with Gasteiger partial charge in [0, 0.05) is 10.5 Å². The summed E-state index contributed by atoms with van der Waals surface area (Å²) in [4.78, 5) is 0. The first-order valence-electron chi connectivity index (χ1n) is 6.93. The summed E-state index contributed by atoms with van der Waals surface area (Å²) in [5.41, 5.74) is 1.29. The van der Waals surface area contributed by atoms with Gasteiger partial charge in [0.25, 0.3) is 0 Å². The van der Waals surface area contributed by atoms with Gasteiger partial charge in [-0.1, -0.05) is 52.3 Å². The number of halogens is 1. The molecule has 0 aliphatic carbocycles. The van der Waals surface area contributed by atoms with Crippen molar-refractivity contribution in [2.75, 3.05) is 13.2 Å². The highest BCUT2D eigenvalue weighted by atomic mass is 79.9. The van der Waals surface area contributed by atoms with Crippen LogP contribution in [0.25, 0.3) is 0 Å². The molecule has 20 heavy (non-hydrogen) atoms.